The predicted octanol–water partition coefficient (Wildman–Crippen LogP) is -0.826. The molecule has 6 heteroatoms. The first-order valence-electron chi connectivity index (χ1n) is 3.33. The number of hydrogen-bond donors (Lipinski definition) is 3. The molecule has 0 aromatic rings. The minimum atomic E-state index is -1.15. The second-order valence-electron chi connectivity index (χ2n) is 2.48. The highest BCUT2D eigenvalue weighted by Gasteiger charge is 2.30. The Labute approximate surface area is 68.8 Å². The van der Waals surface area contributed by atoms with Gasteiger partial charge in [-0.1, -0.05) is 0 Å². The summed E-state index contributed by atoms with van der Waals surface area (Å²) in [7, 11) is 0. The van der Waals surface area contributed by atoms with Gasteiger partial charge in [-0.25, -0.2) is 5.84 Å². The standard InChI is InChI=1S/C6H10N2O4/c1-3-4(2-5(9)10)6(11)8(7)12-3/h6,11H,2,7H2,1H3,(H,9,10). The molecule has 6 nitrogen and oxygen atoms in total. The highest BCUT2D eigenvalue weighted by Crippen LogP contribution is 2.23. The quantitative estimate of drug-likeness (QED) is 0.473. The summed E-state index contributed by atoms with van der Waals surface area (Å²) in [6, 6.07) is 0. The van der Waals surface area contributed by atoms with Gasteiger partial charge >= 0.3 is 5.97 Å². The predicted molar refractivity (Wildman–Crippen MR) is 38.1 cm³/mol. The largest absolute Gasteiger partial charge is 0.481 e. The van der Waals surface area contributed by atoms with Gasteiger partial charge in [0.1, 0.15) is 5.76 Å². The van der Waals surface area contributed by atoms with Crippen LogP contribution < -0.4 is 5.84 Å². The minimum Gasteiger partial charge on any atom is -0.481 e. The molecule has 68 valence electrons. The molecule has 0 fully saturated rings. The van der Waals surface area contributed by atoms with Crippen LogP contribution in [0.5, 0.6) is 0 Å². The van der Waals surface area contributed by atoms with Crippen molar-refractivity contribution in [2.24, 2.45) is 5.84 Å². The van der Waals surface area contributed by atoms with Crippen LogP contribution in [0.25, 0.3) is 0 Å². The van der Waals surface area contributed by atoms with Gasteiger partial charge in [0.05, 0.1) is 6.42 Å². The van der Waals surface area contributed by atoms with Crippen molar-refractivity contribution in [1.82, 2.24) is 5.17 Å². The summed E-state index contributed by atoms with van der Waals surface area (Å²) in [6.07, 6.45) is -1.41. The minimum absolute atomic E-state index is 0.263. The summed E-state index contributed by atoms with van der Waals surface area (Å²) in [6.45, 7) is 1.55. The van der Waals surface area contributed by atoms with Crippen LogP contribution in [0, 0.1) is 0 Å². The number of aliphatic hydroxyl groups excluding tert-OH is 1. The van der Waals surface area contributed by atoms with Crippen LogP contribution in [0.15, 0.2) is 11.3 Å². The number of allylic oxidation sites excluding steroid dienone is 1. The third-order valence-corrected chi connectivity index (χ3v) is 1.59. The van der Waals surface area contributed by atoms with E-state index in [1.807, 2.05) is 0 Å². The smallest absolute Gasteiger partial charge is 0.307 e. The molecule has 1 unspecified atom stereocenters. The van der Waals surface area contributed by atoms with E-state index < -0.39 is 12.2 Å². The monoisotopic (exact) mass is 174 g/mol. The summed E-state index contributed by atoms with van der Waals surface area (Å²) in [4.78, 5) is 15.1. The van der Waals surface area contributed by atoms with E-state index in [9.17, 15) is 9.90 Å². The zero-order chi connectivity index (χ0) is 9.30. The summed E-state index contributed by atoms with van der Waals surface area (Å²) in [5.74, 6) is 4.48. The van der Waals surface area contributed by atoms with Gasteiger partial charge in [0.15, 0.2) is 6.23 Å². The summed E-state index contributed by atoms with van der Waals surface area (Å²) < 4.78 is 0. The van der Waals surface area contributed by atoms with Crippen molar-refractivity contribution in [2.75, 3.05) is 0 Å². The molecule has 1 aliphatic rings. The van der Waals surface area contributed by atoms with Crippen molar-refractivity contribution in [3.63, 3.8) is 0 Å². The van der Waals surface area contributed by atoms with E-state index in [0.717, 1.165) is 0 Å². The number of nitrogens with zero attached hydrogens (tertiary/aromatic N) is 1. The van der Waals surface area contributed by atoms with Crippen molar-refractivity contribution in [2.45, 2.75) is 19.6 Å². The number of aliphatic carboxylic acids is 1. The van der Waals surface area contributed by atoms with E-state index >= 15 is 0 Å². The molecule has 1 aliphatic heterocycles. The fraction of sp³-hybridized carbons (Fsp3) is 0.500. The van der Waals surface area contributed by atoms with Crippen molar-refractivity contribution in [3.05, 3.63) is 11.3 Å². The lowest BCUT2D eigenvalue weighted by atomic mass is 10.1. The third kappa shape index (κ3) is 1.55. The fourth-order valence-corrected chi connectivity index (χ4v) is 0.981. The molecule has 0 radical (unpaired) electrons. The number of hydrazine groups is 1. The highest BCUT2D eigenvalue weighted by atomic mass is 16.7. The zero-order valence-electron chi connectivity index (χ0n) is 6.52. The van der Waals surface area contributed by atoms with Crippen LogP contribution in [-0.4, -0.2) is 27.6 Å². The van der Waals surface area contributed by atoms with Crippen LogP contribution in [0.3, 0.4) is 0 Å². The van der Waals surface area contributed by atoms with E-state index in [2.05, 4.69) is 0 Å². The summed E-state index contributed by atoms with van der Waals surface area (Å²) >= 11 is 0. The maximum absolute atomic E-state index is 10.3. The molecule has 1 heterocycles. The van der Waals surface area contributed by atoms with Gasteiger partial charge in [0, 0.05) is 5.57 Å². The lowest BCUT2D eigenvalue weighted by molar-refractivity contribution is -0.175. The second-order valence-corrected chi connectivity index (χ2v) is 2.48. The Morgan fingerprint density at radius 3 is 2.75 bits per heavy atom. The first kappa shape index (κ1) is 8.98. The Balaban J connectivity index is 2.73. The van der Waals surface area contributed by atoms with Crippen LogP contribution in [-0.2, 0) is 9.63 Å². The number of carboxylic acid groups (broad SMARTS) is 1. The first-order valence-corrected chi connectivity index (χ1v) is 3.33. The maximum Gasteiger partial charge on any atom is 0.307 e. The van der Waals surface area contributed by atoms with Crippen LogP contribution >= 0.6 is 0 Å². The van der Waals surface area contributed by atoms with Crippen molar-refractivity contribution in [1.29, 1.82) is 0 Å². The number of carboxylic acids is 1. The van der Waals surface area contributed by atoms with Gasteiger partial charge in [-0.2, -0.15) is 0 Å². The van der Waals surface area contributed by atoms with Crippen molar-refractivity contribution >= 4 is 5.97 Å². The first-order chi connectivity index (χ1) is 5.52. The molecule has 0 saturated heterocycles. The molecule has 12 heavy (non-hydrogen) atoms. The average molecular weight is 174 g/mol. The maximum atomic E-state index is 10.3. The van der Waals surface area contributed by atoms with E-state index in [-0.39, 0.29) is 12.0 Å². The number of nitrogens with two attached hydrogens (primary N) is 1. The number of rotatable bonds is 2. The van der Waals surface area contributed by atoms with Gasteiger partial charge in [0.2, 0.25) is 0 Å². The molecule has 4 N–H and O–H groups in total. The number of hydroxylamine groups is 1. The van der Waals surface area contributed by atoms with E-state index in [1.165, 1.54) is 0 Å². The number of aliphatic hydroxyl groups is 1. The van der Waals surface area contributed by atoms with E-state index in [0.29, 0.717) is 10.9 Å². The second kappa shape index (κ2) is 3.10. The van der Waals surface area contributed by atoms with Crippen LogP contribution in [0.1, 0.15) is 13.3 Å². The number of hydrogen-bond acceptors (Lipinski definition) is 5. The topological polar surface area (TPSA) is 96.0 Å². The SMILES string of the molecule is CC1=C(CC(=O)O)C(O)N(N)O1. The Bertz CT molecular complexity index is 238. The number of carbonyl (C=O) groups is 1. The molecule has 0 aromatic carbocycles. The molecule has 0 bridgehead atoms. The normalized spacial score (nSPS) is 24.4. The zero-order valence-corrected chi connectivity index (χ0v) is 6.52. The van der Waals surface area contributed by atoms with Gasteiger partial charge in [0.25, 0.3) is 0 Å². The molecule has 0 saturated carbocycles. The van der Waals surface area contributed by atoms with Crippen LogP contribution in [0.4, 0.5) is 0 Å². The fourth-order valence-electron chi connectivity index (χ4n) is 0.981. The molecular weight excluding hydrogens is 164 g/mol. The highest BCUT2D eigenvalue weighted by molar-refractivity contribution is 5.70. The van der Waals surface area contributed by atoms with Crippen LogP contribution in [0.2, 0.25) is 0 Å². The van der Waals surface area contributed by atoms with Gasteiger partial charge in [-0.15, -0.1) is 0 Å². The molecular formula is C6H10N2O4. The molecule has 1 rings (SSSR count). The van der Waals surface area contributed by atoms with Crippen molar-refractivity contribution < 1.29 is 19.8 Å². The van der Waals surface area contributed by atoms with Gasteiger partial charge < -0.3 is 15.1 Å². The lowest BCUT2D eigenvalue weighted by Crippen LogP contribution is -2.36. The average Bonchev–Trinajstić information content (AvgIpc) is 2.16. The summed E-state index contributed by atoms with van der Waals surface area (Å²) in [5.41, 5.74) is 0.282. The van der Waals surface area contributed by atoms with Crippen molar-refractivity contribution in [3.8, 4) is 0 Å². The third-order valence-electron chi connectivity index (χ3n) is 1.59. The van der Waals surface area contributed by atoms with Gasteiger partial charge in [-0.3, -0.25) is 4.79 Å². The Kier molecular flexibility index (Phi) is 2.32. The van der Waals surface area contributed by atoms with E-state index in [4.69, 9.17) is 15.8 Å². The lowest BCUT2D eigenvalue weighted by Gasteiger charge is -2.12. The molecule has 0 spiro atoms. The molecule has 0 amide bonds. The molecule has 0 aliphatic carbocycles. The Morgan fingerprint density at radius 1 is 1.83 bits per heavy atom. The Hall–Kier alpha value is -1.11. The molecule has 0 aromatic heterocycles. The summed E-state index contributed by atoms with van der Waals surface area (Å²) in [5, 5.41) is 18.4. The Morgan fingerprint density at radius 2 is 2.42 bits per heavy atom. The van der Waals surface area contributed by atoms with Gasteiger partial charge in [-0.05, 0) is 12.1 Å². The molecule has 1 atom stereocenters. The van der Waals surface area contributed by atoms with E-state index in [1.54, 1.807) is 6.92 Å².